The highest BCUT2D eigenvalue weighted by atomic mass is 35.5. The van der Waals surface area contributed by atoms with Crippen molar-refractivity contribution >= 4 is 56.2 Å². The van der Waals surface area contributed by atoms with E-state index in [9.17, 15) is 12.8 Å². The number of halogens is 4. The van der Waals surface area contributed by atoms with Gasteiger partial charge in [0, 0.05) is 27.2 Å². The molecular weight excluding hydrogens is 506 g/mol. The second kappa shape index (κ2) is 8.51. The van der Waals surface area contributed by atoms with E-state index in [1.165, 1.54) is 24.3 Å². The molecule has 0 fully saturated rings. The molecule has 1 heterocycles. The Morgan fingerprint density at radius 3 is 2.61 bits per heavy atom. The Labute approximate surface area is 206 Å². The molecule has 3 aromatic carbocycles. The lowest BCUT2D eigenvalue weighted by Crippen LogP contribution is -2.30. The maximum atomic E-state index is 14.7. The van der Waals surface area contributed by atoms with Gasteiger partial charge >= 0.3 is 0 Å². The second-order valence-corrected chi connectivity index (χ2v) is 11.0. The van der Waals surface area contributed by atoms with E-state index < -0.39 is 10.0 Å². The normalized spacial score (nSPS) is 21.3. The fraction of sp³-hybridized carbons (Fsp3) is 0.167. The molecule has 0 radical (unpaired) electrons. The molecule has 0 unspecified atom stereocenters. The first kappa shape index (κ1) is 22.5. The summed E-state index contributed by atoms with van der Waals surface area (Å²) in [5.41, 5.74) is 2.20. The molecule has 0 spiro atoms. The fourth-order valence-corrected chi connectivity index (χ4v) is 6.39. The third kappa shape index (κ3) is 4.10. The highest BCUT2D eigenvalue weighted by molar-refractivity contribution is 7.92. The van der Waals surface area contributed by atoms with Gasteiger partial charge in [0.25, 0.3) is 10.0 Å². The maximum Gasteiger partial charge on any atom is 0.261 e. The minimum absolute atomic E-state index is 0.000174. The van der Waals surface area contributed by atoms with Crippen LogP contribution in [0.2, 0.25) is 15.1 Å². The summed E-state index contributed by atoms with van der Waals surface area (Å²) in [6.45, 7) is 0. The molecule has 170 valence electrons. The lowest BCUT2D eigenvalue weighted by Gasteiger charge is -2.38. The van der Waals surface area contributed by atoms with Crippen molar-refractivity contribution in [2.75, 3.05) is 10.0 Å². The molecule has 3 aromatic rings. The summed E-state index contributed by atoms with van der Waals surface area (Å²) in [4.78, 5) is 0.0977. The molecule has 3 atom stereocenters. The summed E-state index contributed by atoms with van der Waals surface area (Å²) in [5.74, 6) is -0.442. The van der Waals surface area contributed by atoms with Gasteiger partial charge in [-0.2, -0.15) is 0 Å². The highest BCUT2D eigenvalue weighted by Gasteiger charge is 2.40. The van der Waals surface area contributed by atoms with Crippen LogP contribution in [0.1, 0.15) is 29.5 Å². The van der Waals surface area contributed by atoms with Gasteiger partial charge in [-0.1, -0.05) is 53.0 Å². The lowest BCUT2D eigenvalue weighted by atomic mass is 9.77. The summed E-state index contributed by atoms with van der Waals surface area (Å²) < 4.78 is 43.4. The van der Waals surface area contributed by atoms with Crippen LogP contribution in [0.3, 0.4) is 0 Å². The summed E-state index contributed by atoms with van der Waals surface area (Å²) >= 11 is 18.5. The molecule has 1 aliphatic carbocycles. The SMILES string of the molecule is O=S(=O)(Nc1cc(Cl)ccc1Cl)c1ccc2c(c1)[C@H]1C=CC[C@H]1[C@@H](c1c(F)cccc1Cl)N2. The molecule has 0 aromatic heterocycles. The largest absolute Gasteiger partial charge is 0.378 e. The van der Waals surface area contributed by atoms with Gasteiger partial charge in [0.15, 0.2) is 0 Å². The molecule has 0 saturated carbocycles. The molecule has 0 saturated heterocycles. The predicted molar refractivity (Wildman–Crippen MR) is 131 cm³/mol. The first-order valence-corrected chi connectivity index (χ1v) is 12.9. The van der Waals surface area contributed by atoms with E-state index in [1.54, 1.807) is 30.3 Å². The Bertz CT molecular complexity index is 1370. The van der Waals surface area contributed by atoms with Crippen molar-refractivity contribution in [2.24, 2.45) is 5.92 Å². The van der Waals surface area contributed by atoms with Gasteiger partial charge in [0.2, 0.25) is 0 Å². The Morgan fingerprint density at radius 2 is 1.82 bits per heavy atom. The zero-order valence-corrected chi connectivity index (χ0v) is 20.1. The van der Waals surface area contributed by atoms with Crippen LogP contribution in [0.15, 0.2) is 71.6 Å². The van der Waals surface area contributed by atoms with Gasteiger partial charge in [-0.05, 0) is 66.4 Å². The minimum atomic E-state index is -3.92. The van der Waals surface area contributed by atoms with E-state index in [1.807, 2.05) is 12.2 Å². The molecule has 0 bridgehead atoms. The number of hydrogen-bond donors (Lipinski definition) is 2. The van der Waals surface area contributed by atoms with E-state index >= 15 is 0 Å². The number of allylic oxidation sites excluding steroid dienone is 2. The molecule has 2 N–H and O–H groups in total. The van der Waals surface area contributed by atoms with Crippen molar-refractivity contribution in [3.63, 3.8) is 0 Å². The average molecular weight is 524 g/mol. The zero-order valence-electron chi connectivity index (χ0n) is 17.0. The van der Waals surface area contributed by atoms with E-state index in [0.717, 1.165) is 17.7 Å². The Hall–Kier alpha value is -2.25. The first-order valence-electron chi connectivity index (χ1n) is 10.2. The van der Waals surface area contributed by atoms with Crippen molar-refractivity contribution in [3.05, 3.63) is 98.8 Å². The van der Waals surface area contributed by atoms with Gasteiger partial charge in [0.1, 0.15) is 5.82 Å². The topological polar surface area (TPSA) is 58.2 Å². The number of sulfonamides is 1. The van der Waals surface area contributed by atoms with Crippen LogP contribution in [-0.4, -0.2) is 8.42 Å². The van der Waals surface area contributed by atoms with Crippen LogP contribution in [-0.2, 0) is 10.0 Å². The lowest BCUT2D eigenvalue weighted by molar-refractivity contribution is 0.413. The van der Waals surface area contributed by atoms with E-state index in [2.05, 4.69) is 10.0 Å². The van der Waals surface area contributed by atoms with Gasteiger partial charge in [0.05, 0.1) is 21.6 Å². The maximum absolute atomic E-state index is 14.7. The van der Waals surface area contributed by atoms with Crippen molar-refractivity contribution in [1.82, 2.24) is 0 Å². The summed E-state index contributed by atoms with van der Waals surface area (Å²) in [7, 11) is -3.92. The summed E-state index contributed by atoms with van der Waals surface area (Å²) in [6, 6.07) is 13.7. The second-order valence-electron chi connectivity index (χ2n) is 8.09. The van der Waals surface area contributed by atoms with Crippen LogP contribution < -0.4 is 10.0 Å². The Kier molecular flexibility index (Phi) is 5.81. The molecular formula is C24H18Cl3FN2O2S. The molecule has 2 aliphatic rings. The number of nitrogens with one attached hydrogen (secondary N) is 2. The van der Waals surface area contributed by atoms with Gasteiger partial charge < -0.3 is 5.32 Å². The fourth-order valence-electron chi connectivity index (χ4n) is 4.61. The van der Waals surface area contributed by atoms with Crippen molar-refractivity contribution in [3.8, 4) is 0 Å². The predicted octanol–water partition coefficient (Wildman–Crippen LogP) is 7.41. The average Bonchev–Trinajstić information content (AvgIpc) is 3.26. The van der Waals surface area contributed by atoms with Crippen LogP contribution in [0.25, 0.3) is 0 Å². The third-order valence-corrected chi connectivity index (χ3v) is 8.39. The van der Waals surface area contributed by atoms with Crippen molar-refractivity contribution in [1.29, 1.82) is 0 Å². The monoisotopic (exact) mass is 522 g/mol. The number of hydrogen-bond acceptors (Lipinski definition) is 3. The zero-order chi connectivity index (χ0) is 23.3. The smallest absolute Gasteiger partial charge is 0.261 e. The van der Waals surface area contributed by atoms with E-state index in [-0.39, 0.29) is 39.3 Å². The third-order valence-electron chi connectivity index (χ3n) is 6.13. The number of benzene rings is 3. The van der Waals surface area contributed by atoms with Crippen LogP contribution in [0.4, 0.5) is 15.8 Å². The Morgan fingerprint density at radius 1 is 1.00 bits per heavy atom. The van der Waals surface area contributed by atoms with Gasteiger partial charge in [-0.15, -0.1) is 0 Å². The molecule has 0 amide bonds. The molecule has 1 aliphatic heterocycles. The van der Waals surface area contributed by atoms with Crippen LogP contribution in [0, 0.1) is 11.7 Å². The summed E-state index contributed by atoms with van der Waals surface area (Å²) in [5, 5.41) is 4.36. The molecule has 4 nitrogen and oxygen atoms in total. The molecule has 5 rings (SSSR count). The van der Waals surface area contributed by atoms with Crippen molar-refractivity contribution < 1.29 is 12.8 Å². The van der Waals surface area contributed by atoms with Crippen LogP contribution in [0.5, 0.6) is 0 Å². The van der Waals surface area contributed by atoms with Crippen molar-refractivity contribution in [2.45, 2.75) is 23.3 Å². The van der Waals surface area contributed by atoms with E-state index in [0.29, 0.717) is 15.6 Å². The van der Waals surface area contributed by atoms with Gasteiger partial charge in [-0.25, -0.2) is 12.8 Å². The quantitative estimate of drug-likeness (QED) is 0.350. The molecule has 33 heavy (non-hydrogen) atoms. The van der Waals surface area contributed by atoms with Gasteiger partial charge in [-0.3, -0.25) is 4.72 Å². The summed E-state index contributed by atoms with van der Waals surface area (Å²) in [6.07, 6.45) is 4.81. The highest BCUT2D eigenvalue weighted by Crippen LogP contribution is 2.51. The number of rotatable bonds is 4. The number of fused-ring (bicyclic) bond motifs is 3. The van der Waals surface area contributed by atoms with Crippen LogP contribution >= 0.6 is 34.8 Å². The minimum Gasteiger partial charge on any atom is -0.378 e. The molecule has 9 heteroatoms. The standard InChI is InChI=1S/C24H18Cl3FN2O2S/c25-13-7-9-18(26)22(11-13)30-33(31,32)14-8-10-21-17(12-14)15-3-1-4-16(15)24(29-21)23-19(27)5-2-6-20(23)28/h1-3,5-12,15-16,24,29-30H,4H2/t15-,16+,24-/m0/s1. The Balaban J connectivity index is 1.52. The first-order chi connectivity index (χ1) is 15.7. The number of anilines is 2. The van der Waals surface area contributed by atoms with E-state index in [4.69, 9.17) is 34.8 Å².